The van der Waals surface area contributed by atoms with Gasteiger partial charge in [0, 0.05) is 10.9 Å². The molecule has 0 radical (unpaired) electrons. The lowest BCUT2D eigenvalue weighted by atomic mass is 10.3. The van der Waals surface area contributed by atoms with Crippen molar-refractivity contribution in [3.8, 4) is 10.9 Å². The topological polar surface area (TPSA) is 47.0 Å². The Kier molecular flexibility index (Phi) is 4.00. The van der Waals surface area contributed by atoms with Gasteiger partial charge in [-0.15, -0.1) is 16.9 Å². The summed E-state index contributed by atoms with van der Waals surface area (Å²) in [6, 6.07) is 8.65. The van der Waals surface area contributed by atoms with Crippen molar-refractivity contribution in [3.63, 3.8) is 0 Å². The van der Waals surface area contributed by atoms with Gasteiger partial charge in [0.15, 0.2) is 0 Å². The number of hydrogen-bond acceptors (Lipinski definition) is 6. The van der Waals surface area contributed by atoms with Gasteiger partial charge in [0.1, 0.15) is 10.8 Å². The number of ether oxygens (including phenoxy) is 1. The fourth-order valence-corrected chi connectivity index (χ4v) is 2.84. The summed E-state index contributed by atoms with van der Waals surface area (Å²) >= 11 is 3.16. The number of hydrogen-bond donors (Lipinski definition) is 1. The van der Waals surface area contributed by atoms with Gasteiger partial charge in [0.2, 0.25) is 0 Å². The van der Waals surface area contributed by atoms with Crippen LogP contribution in [0.25, 0.3) is 0 Å². The molecular formula is C13H15N3OS2. The van der Waals surface area contributed by atoms with Crippen LogP contribution < -0.4 is 10.1 Å². The Labute approximate surface area is 120 Å². The molecule has 2 aromatic rings. The standard InChI is InChI=1S/C13H15N3OS2/c1-18-11-5-3-2-4-10(11)17-13-16-15-12(19-13)8-14-9-6-7-9/h2-5,9,14H,6-8H2,1H3. The van der Waals surface area contributed by atoms with E-state index in [-0.39, 0.29) is 0 Å². The van der Waals surface area contributed by atoms with E-state index < -0.39 is 0 Å². The van der Waals surface area contributed by atoms with E-state index in [1.54, 1.807) is 11.8 Å². The molecule has 1 heterocycles. The average Bonchev–Trinajstić information content (AvgIpc) is 3.17. The average molecular weight is 293 g/mol. The van der Waals surface area contributed by atoms with Crippen molar-refractivity contribution in [2.45, 2.75) is 30.3 Å². The highest BCUT2D eigenvalue weighted by Gasteiger charge is 2.20. The zero-order valence-corrected chi connectivity index (χ0v) is 12.3. The second-order valence-corrected chi connectivity index (χ2v) is 6.24. The lowest BCUT2D eigenvalue weighted by molar-refractivity contribution is 0.462. The first-order valence-electron chi connectivity index (χ1n) is 6.22. The highest BCUT2D eigenvalue weighted by Crippen LogP contribution is 2.32. The molecule has 0 amide bonds. The molecule has 0 unspecified atom stereocenters. The molecule has 1 aromatic heterocycles. The van der Waals surface area contributed by atoms with E-state index in [0.717, 1.165) is 22.2 Å². The maximum atomic E-state index is 5.80. The van der Waals surface area contributed by atoms with Crippen molar-refractivity contribution < 1.29 is 4.74 Å². The van der Waals surface area contributed by atoms with Crippen LogP contribution in [0.4, 0.5) is 0 Å². The third-order valence-electron chi connectivity index (χ3n) is 2.83. The summed E-state index contributed by atoms with van der Waals surface area (Å²) in [4.78, 5) is 1.11. The molecule has 1 N–H and O–H groups in total. The summed E-state index contributed by atoms with van der Waals surface area (Å²) < 4.78 is 5.80. The van der Waals surface area contributed by atoms with Crippen molar-refractivity contribution in [2.24, 2.45) is 0 Å². The van der Waals surface area contributed by atoms with Gasteiger partial charge in [-0.1, -0.05) is 28.6 Å². The molecule has 6 heteroatoms. The van der Waals surface area contributed by atoms with E-state index in [9.17, 15) is 0 Å². The van der Waals surface area contributed by atoms with Gasteiger partial charge >= 0.3 is 0 Å². The summed E-state index contributed by atoms with van der Waals surface area (Å²) in [6.45, 7) is 0.788. The Balaban J connectivity index is 1.65. The van der Waals surface area contributed by atoms with Crippen LogP contribution in [-0.2, 0) is 6.54 Å². The smallest absolute Gasteiger partial charge is 0.299 e. The molecule has 19 heavy (non-hydrogen) atoms. The molecule has 1 aromatic carbocycles. The number of thioether (sulfide) groups is 1. The maximum absolute atomic E-state index is 5.80. The van der Waals surface area contributed by atoms with Gasteiger partial charge in [0.25, 0.3) is 5.19 Å². The van der Waals surface area contributed by atoms with Gasteiger partial charge in [-0.2, -0.15) is 0 Å². The monoisotopic (exact) mass is 293 g/mol. The van der Waals surface area contributed by atoms with E-state index in [2.05, 4.69) is 15.5 Å². The first-order valence-corrected chi connectivity index (χ1v) is 8.26. The molecule has 0 atom stereocenters. The predicted octanol–water partition coefficient (Wildman–Crippen LogP) is 3.30. The zero-order valence-electron chi connectivity index (χ0n) is 10.6. The van der Waals surface area contributed by atoms with Crippen LogP contribution in [0.15, 0.2) is 29.2 Å². The fourth-order valence-electron chi connectivity index (χ4n) is 1.67. The maximum Gasteiger partial charge on any atom is 0.299 e. The van der Waals surface area contributed by atoms with E-state index in [0.29, 0.717) is 11.2 Å². The quantitative estimate of drug-likeness (QED) is 0.828. The van der Waals surface area contributed by atoms with Crippen LogP contribution in [0, 0.1) is 0 Å². The number of nitrogens with zero attached hydrogens (tertiary/aromatic N) is 2. The highest BCUT2D eigenvalue weighted by molar-refractivity contribution is 7.98. The van der Waals surface area contributed by atoms with Gasteiger partial charge < -0.3 is 10.1 Å². The third-order valence-corrected chi connectivity index (χ3v) is 4.41. The van der Waals surface area contributed by atoms with Crippen LogP contribution >= 0.6 is 23.1 Å². The highest BCUT2D eigenvalue weighted by atomic mass is 32.2. The van der Waals surface area contributed by atoms with Crippen LogP contribution in [0.3, 0.4) is 0 Å². The second kappa shape index (κ2) is 5.90. The van der Waals surface area contributed by atoms with Crippen molar-refractivity contribution in [1.82, 2.24) is 15.5 Å². The largest absolute Gasteiger partial charge is 0.429 e. The third kappa shape index (κ3) is 3.46. The Morgan fingerprint density at radius 2 is 2.21 bits per heavy atom. The summed E-state index contributed by atoms with van der Waals surface area (Å²) in [5.74, 6) is 0.841. The molecule has 0 aliphatic heterocycles. The van der Waals surface area contributed by atoms with Gasteiger partial charge in [-0.05, 0) is 31.2 Å². The number of nitrogens with one attached hydrogen (secondary N) is 1. The molecule has 0 spiro atoms. The van der Waals surface area contributed by atoms with Crippen molar-refractivity contribution in [3.05, 3.63) is 29.3 Å². The normalized spacial score (nSPS) is 14.6. The molecular weight excluding hydrogens is 278 g/mol. The van der Waals surface area contributed by atoms with Crippen LogP contribution in [0.5, 0.6) is 10.9 Å². The molecule has 1 aliphatic carbocycles. The van der Waals surface area contributed by atoms with Crippen LogP contribution in [0.2, 0.25) is 0 Å². The lowest BCUT2D eigenvalue weighted by Crippen LogP contribution is -2.14. The molecule has 3 rings (SSSR count). The number of aromatic nitrogens is 2. The van der Waals surface area contributed by atoms with E-state index in [1.165, 1.54) is 24.2 Å². The molecule has 100 valence electrons. The fraction of sp³-hybridized carbons (Fsp3) is 0.385. The Morgan fingerprint density at radius 3 is 3.00 bits per heavy atom. The van der Waals surface area contributed by atoms with E-state index in [4.69, 9.17) is 4.74 Å². The van der Waals surface area contributed by atoms with E-state index >= 15 is 0 Å². The predicted molar refractivity (Wildman–Crippen MR) is 78.1 cm³/mol. The van der Waals surface area contributed by atoms with E-state index in [1.807, 2.05) is 30.5 Å². The van der Waals surface area contributed by atoms with Gasteiger partial charge in [-0.3, -0.25) is 0 Å². The minimum atomic E-state index is 0.606. The number of para-hydroxylation sites is 1. The van der Waals surface area contributed by atoms with Gasteiger partial charge in [-0.25, -0.2) is 0 Å². The van der Waals surface area contributed by atoms with Crippen LogP contribution in [0.1, 0.15) is 17.8 Å². The first kappa shape index (κ1) is 12.9. The summed E-state index contributed by atoms with van der Waals surface area (Å²) in [5.41, 5.74) is 0. The lowest BCUT2D eigenvalue weighted by Gasteiger charge is -2.05. The molecule has 0 saturated heterocycles. The Hall–Kier alpha value is -1.11. The van der Waals surface area contributed by atoms with Gasteiger partial charge in [0.05, 0.1) is 6.54 Å². The summed E-state index contributed by atoms with van der Waals surface area (Å²) in [7, 11) is 0. The minimum Gasteiger partial charge on any atom is -0.429 e. The summed E-state index contributed by atoms with van der Waals surface area (Å²) in [6.07, 6.45) is 4.60. The molecule has 1 saturated carbocycles. The number of rotatable bonds is 6. The van der Waals surface area contributed by atoms with Crippen molar-refractivity contribution >= 4 is 23.1 Å². The molecule has 1 fully saturated rings. The Bertz CT molecular complexity index is 554. The molecule has 4 nitrogen and oxygen atoms in total. The Morgan fingerprint density at radius 1 is 1.37 bits per heavy atom. The molecule has 0 bridgehead atoms. The summed E-state index contributed by atoms with van der Waals surface area (Å²) in [5, 5.41) is 13.2. The first-order chi connectivity index (χ1) is 9.35. The second-order valence-electron chi connectivity index (χ2n) is 4.37. The minimum absolute atomic E-state index is 0.606. The molecule has 1 aliphatic rings. The zero-order chi connectivity index (χ0) is 13.1. The van der Waals surface area contributed by atoms with Crippen LogP contribution in [-0.4, -0.2) is 22.5 Å². The van der Waals surface area contributed by atoms with Crippen molar-refractivity contribution in [2.75, 3.05) is 6.26 Å². The number of benzene rings is 1. The van der Waals surface area contributed by atoms with Crippen molar-refractivity contribution in [1.29, 1.82) is 0 Å². The SMILES string of the molecule is CSc1ccccc1Oc1nnc(CNC2CC2)s1.